The minimum atomic E-state index is 0.0767. The summed E-state index contributed by atoms with van der Waals surface area (Å²) in [7, 11) is 0. The largest absolute Gasteiger partial charge is 0.355 e. The summed E-state index contributed by atoms with van der Waals surface area (Å²) in [5, 5.41) is 11.8. The topological polar surface area (TPSA) is 59.8 Å². The molecular weight excluding hydrogens is 300 g/mol. The molecular formula is C19H30N4O. The number of aryl methyl sites for hydroxylation is 1. The van der Waals surface area contributed by atoms with E-state index in [1.54, 1.807) is 0 Å². The molecule has 5 nitrogen and oxygen atoms in total. The van der Waals surface area contributed by atoms with Crippen molar-refractivity contribution in [3.8, 4) is 0 Å². The number of nitrogens with one attached hydrogen (secondary N) is 1. The van der Waals surface area contributed by atoms with Crippen LogP contribution in [-0.4, -0.2) is 27.2 Å². The number of amides is 1. The summed E-state index contributed by atoms with van der Waals surface area (Å²) >= 11 is 0. The number of rotatable bonds is 5. The molecule has 0 saturated heterocycles. The third-order valence-electron chi connectivity index (χ3n) is 5.54. The van der Waals surface area contributed by atoms with Gasteiger partial charge >= 0.3 is 0 Å². The zero-order valence-corrected chi connectivity index (χ0v) is 15.4. The van der Waals surface area contributed by atoms with Gasteiger partial charge in [-0.2, -0.15) is 0 Å². The molecule has 2 heterocycles. The highest BCUT2D eigenvalue weighted by atomic mass is 16.2. The van der Waals surface area contributed by atoms with E-state index in [0.717, 1.165) is 31.0 Å². The molecule has 1 aromatic heterocycles. The average molecular weight is 330 g/mol. The van der Waals surface area contributed by atoms with E-state index in [4.69, 9.17) is 0 Å². The Balaban J connectivity index is 1.53. The second-order valence-corrected chi connectivity index (χ2v) is 8.10. The van der Waals surface area contributed by atoms with Crippen molar-refractivity contribution in [3.63, 3.8) is 0 Å². The minimum absolute atomic E-state index is 0.0767. The van der Waals surface area contributed by atoms with Crippen molar-refractivity contribution in [2.75, 3.05) is 6.54 Å². The molecule has 1 saturated carbocycles. The van der Waals surface area contributed by atoms with E-state index >= 15 is 0 Å². The lowest BCUT2D eigenvalue weighted by atomic mass is 10.1. The number of fused-ring (bicyclic) bond motifs is 1. The predicted octanol–water partition coefficient (Wildman–Crippen LogP) is 2.90. The van der Waals surface area contributed by atoms with Crippen molar-refractivity contribution in [1.29, 1.82) is 0 Å². The fraction of sp³-hybridized carbons (Fsp3) is 0.737. The SMILES string of the molecule is CC(C)=C[C@H]1[C@H](C(=O)NCCc2nnc3n2CCCCC3)C1(C)C. The summed E-state index contributed by atoms with van der Waals surface area (Å²) < 4.78 is 2.26. The van der Waals surface area contributed by atoms with Crippen LogP contribution in [0.15, 0.2) is 11.6 Å². The first-order valence-electron chi connectivity index (χ1n) is 9.25. The van der Waals surface area contributed by atoms with Gasteiger partial charge in [0.15, 0.2) is 0 Å². The molecule has 1 aliphatic heterocycles. The summed E-state index contributed by atoms with van der Waals surface area (Å²) in [5.74, 6) is 2.77. The predicted molar refractivity (Wildman–Crippen MR) is 94.5 cm³/mol. The van der Waals surface area contributed by atoms with Crippen LogP contribution >= 0.6 is 0 Å². The van der Waals surface area contributed by atoms with Gasteiger partial charge in [0.1, 0.15) is 11.6 Å². The van der Waals surface area contributed by atoms with Crippen LogP contribution in [0.2, 0.25) is 0 Å². The van der Waals surface area contributed by atoms with Crippen LogP contribution in [0.5, 0.6) is 0 Å². The Morgan fingerprint density at radius 2 is 2.08 bits per heavy atom. The number of allylic oxidation sites excluding steroid dienone is 2. The van der Waals surface area contributed by atoms with Crippen molar-refractivity contribution in [2.45, 2.75) is 66.3 Å². The molecule has 1 N–H and O–H groups in total. The maximum absolute atomic E-state index is 12.5. The summed E-state index contributed by atoms with van der Waals surface area (Å²) in [4.78, 5) is 12.5. The number of carbonyl (C=O) groups excluding carboxylic acids is 1. The highest BCUT2D eigenvalue weighted by Crippen LogP contribution is 2.59. The van der Waals surface area contributed by atoms with Crippen LogP contribution in [-0.2, 0) is 24.2 Å². The van der Waals surface area contributed by atoms with Crippen molar-refractivity contribution in [1.82, 2.24) is 20.1 Å². The zero-order chi connectivity index (χ0) is 17.3. The maximum Gasteiger partial charge on any atom is 0.224 e. The lowest BCUT2D eigenvalue weighted by molar-refractivity contribution is -0.123. The third-order valence-corrected chi connectivity index (χ3v) is 5.54. The Kier molecular flexibility index (Phi) is 4.79. The van der Waals surface area contributed by atoms with Crippen molar-refractivity contribution >= 4 is 5.91 Å². The summed E-state index contributed by atoms with van der Waals surface area (Å²) in [6, 6.07) is 0. The van der Waals surface area contributed by atoms with Crippen LogP contribution in [0.1, 0.15) is 58.6 Å². The lowest BCUT2D eigenvalue weighted by Crippen LogP contribution is -2.29. The van der Waals surface area contributed by atoms with E-state index in [-0.39, 0.29) is 17.2 Å². The van der Waals surface area contributed by atoms with Crippen molar-refractivity contribution in [2.24, 2.45) is 17.3 Å². The number of aromatic nitrogens is 3. The molecule has 1 aromatic rings. The summed E-state index contributed by atoms with van der Waals surface area (Å²) in [5.41, 5.74) is 1.36. The summed E-state index contributed by atoms with van der Waals surface area (Å²) in [6.07, 6.45) is 7.70. The smallest absolute Gasteiger partial charge is 0.224 e. The van der Waals surface area contributed by atoms with E-state index < -0.39 is 0 Å². The van der Waals surface area contributed by atoms with E-state index in [1.807, 2.05) is 0 Å². The maximum atomic E-state index is 12.5. The van der Waals surface area contributed by atoms with E-state index in [2.05, 4.69) is 53.9 Å². The average Bonchev–Trinajstić information content (AvgIpc) is 2.96. The van der Waals surface area contributed by atoms with Crippen LogP contribution in [0.25, 0.3) is 0 Å². The Morgan fingerprint density at radius 1 is 1.29 bits per heavy atom. The van der Waals surface area contributed by atoms with Crippen LogP contribution in [0, 0.1) is 17.3 Å². The Hall–Kier alpha value is -1.65. The van der Waals surface area contributed by atoms with Gasteiger partial charge in [0.2, 0.25) is 5.91 Å². The van der Waals surface area contributed by atoms with Gasteiger partial charge in [-0.3, -0.25) is 4.79 Å². The second kappa shape index (κ2) is 6.69. The molecule has 1 aliphatic carbocycles. The normalized spacial score (nSPS) is 24.7. The standard InChI is InChI=1S/C19H30N4O/c1-13(2)12-14-17(19(14,3)4)18(24)20-10-9-16-22-21-15-8-6-5-7-11-23(15)16/h12,14,17H,5-11H2,1-4H3,(H,20,24)/t14-,17+/m0/s1. The molecule has 2 aliphatic rings. The van der Waals surface area contributed by atoms with E-state index in [9.17, 15) is 4.79 Å². The monoisotopic (exact) mass is 330 g/mol. The molecule has 1 fully saturated rings. The van der Waals surface area contributed by atoms with Gasteiger partial charge in [0.05, 0.1) is 5.92 Å². The van der Waals surface area contributed by atoms with E-state index in [0.29, 0.717) is 12.5 Å². The Labute approximate surface area is 144 Å². The van der Waals surface area contributed by atoms with Gasteiger partial charge in [-0.15, -0.1) is 10.2 Å². The number of nitrogens with zero attached hydrogens (tertiary/aromatic N) is 3. The van der Waals surface area contributed by atoms with Gasteiger partial charge in [-0.05, 0) is 38.0 Å². The molecule has 5 heteroatoms. The Bertz CT molecular complexity index is 640. The Morgan fingerprint density at radius 3 is 2.83 bits per heavy atom. The third kappa shape index (κ3) is 3.40. The van der Waals surface area contributed by atoms with Crippen molar-refractivity contribution < 1.29 is 4.79 Å². The van der Waals surface area contributed by atoms with Gasteiger partial charge < -0.3 is 9.88 Å². The molecule has 24 heavy (non-hydrogen) atoms. The first-order chi connectivity index (χ1) is 11.4. The fourth-order valence-electron chi connectivity index (χ4n) is 3.99. The van der Waals surface area contributed by atoms with Crippen LogP contribution in [0.3, 0.4) is 0 Å². The molecule has 3 rings (SSSR count). The highest BCUT2D eigenvalue weighted by Gasteiger charge is 2.60. The number of hydrogen-bond donors (Lipinski definition) is 1. The molecule has 0 spiro atoms. The van der Waals surface area contributed by atoms with Gasteiger partial charge in [-0.25, -0.2) is 0 Å². The molecule has 132 valence electrons. The number of carbonyl (C=O) groups is 1. The fourth-order valence-corrected chi connectivity index (χ4v) is 3.99. The zero-order valence-electron chi connectivity index (χ0n) is 15.4. The molecule has 0 bridgehead atoms. The second-order valence-electron chi connectivity index (χ2n) is 8.10. The number of hydrogen-bond acceptors (Lipinski definition) is 3. The quantitative estimate of drug-likeness (QED) is 0.845. The van der Waals surface area contributed by atoms with Gasteiger partial charge in [0.25, 0.3) is 0 Å². The molecule has 0 radical (unpaired) electrons. The first kappa shape index (κ1) is 17.2. The molecule has 1 amide bonds. The van der Waals surface area contributed by atoms with Crippen molar-refractivity contribution in [3.05, 3.63) is 23.3 Å². The first-order valence-corrected chi connectivity index (χ1v) is 9.25. The molecule has 0 aromatic carbocycles. The van der Waals surface area contributed by atoms with Crippen LogP contribution < -0.4 is 5.32 Å². The summed E-state index contributed by atoms with van der Waals surface area (Å²) in [6.45, 7) is 10.2. The molecule has 2 atom stereocenters. The van der Waals surface area contributed by atoms with Gasteiger partial charge in [-0.1, -0.05) is 31.9 Å². The van der Waals surface area contributed by atoms with E-state index in [1.165, 1.54) is 24.8 Å². The highest BCUT2D eigenvalue weighted by molar-refractivity contribution is 5.83. The minimum Gasteiger partial charge on any atom is -0.355 e. The van der Waals surface area contributed by atoms with Gasteiger partial charge in [0, 0.05) is 25.9 Å². The molecule has 0 unspecified atom stereocenters. The van der Waals surface area contributed by atoms with Crippen LogP contribution in [0.4, 0.5) is 0 Å². The lowest BCUT2D eigenvalue weighted by Gasteiger charge is -2.08.